The molecule has 2 aromatic rings. The zero-order valence-corrected chi connectivity index (χ0v) is 14.6. The second-order valence-corrected chi connectivity index (χ2v) is 6.30. The van der Waals surface area contributed by atoms with Gasteiger partial charge in [0.1, 0.15) is 0 Å². The molecule has 2 aromatic carbocycles. The van der Waals surface area contributed by atoms with E-state index in [1.165, 1.54) is 18.2 Å². The minimum atomic E-state index is -0.383. The van der Waals surface area contributed by atoms with E-state index in [4.69, 9.17) is 58.0 Å². The van der Waals surface area contributed by atoms with Crippen LogP contribution in [0.2, 0.25) is 25.1 Å². The van der Waals surface area contributed by atoms with Gasteiger partial charge in [0.25, 0.3) is 0 Å². The molecule has 114 valence electrons. The number of rotatable bonds is 3. The van der Waals surface area contributed by atoms with E-state index in [0.717, 1.165) is 0 Å². The number of carbonyl (C=O) groups excluding carboxylic acids is 1. The minimum absolute atomic E-state index is 0.292. The summed E-state index contributed by atoms with van der Waals surface area (Å²) in [6.07, 6.45) is 2.90. The Morgan fingerprint density at radius 3 is 2.23 bits per heavy atom. The second kappa shape index (κ2) is 7.58. The minimum Gasteiger partial charge on any atom is -0.321 e. The number of amides is 1. The summed E-state index contributed by atoms with van der Waals surface area (Å²) >= 11 is 29.5. The van der Waals surface area contributed by atoms with Crippen LogP contribution in [0.4, 0.5) is 5.69 Å². The molecule has 0 heterocycles. The number of carbonyl (C=O) groups is 1. The Morgan fingerprint density at radius 1 is 0.864 bits per heavy atom. The molecule has 1 N–H and O–H groups in total. The second-order valence-electron chi connectivity index (χ2n) is 4.23. The molecule has 1 amide bonds. The van der Waals surface area contributed by atoms with Crippen LogP contribution in [0.3, 0.4) is 0 Å². The van der Waals surface area contributed by atoms with Gasteiger partial charge in [-0.1, -0.05) is 64.1 Å². The monoisotopic (exact) mass is 393 g/mol. The molecule has 7 heteroatoms. The topological polar surface area (TPSA) is 29.1 Å². The van der Waals surface area contributed by atoms with E-state index in [1.807, 2.05) is 0 Å². The number of benzene rings is 2. The van der Waals surface area contributed by atoms with Crippen molar-refractivity contribution in [1.82, 2.24) is 0 Å². The van der Waals surface area contributed by atoms with Crippen molar-refractivity contribution in [2.45, 2.75) is 0 Å². The van der Waals surface area contributed by atoms with Crippen molar-refractivity contribution in [1.29, 1.82) is 0 Å². The number of hydrogen-bond donors (Lipinski definition) is 1. The normalized spacial score (nSPS) is 11.0. The smallest absolute Gasteiger partial charge is 0.248 e. The molecule has 0 aliphatic heterocycles. The van der Waals surface area contributed by atoms with Gasteiger partial charge in [-0.2, -0.15) is 0 Å². The number of halogens is 5. The van der Waals surface area contributed by atoms with E-state index in [-0.39, 0.29) is 5.91 Å². The van der Waals surface area contributed by atoms with Crippen LogP contribution in [0.25, 0.3) is 6.08 Å². The fourth-order valence-corrected chi connectivity index (χ4v) is 2.66. The summed E-state index contributed by atoms with van der Waals surface area (Å²) in [5.41, 5.74) is 1.04. The van der Waals surface area contributed by atoms with Crippen molar-refractivity contribution in [2.24, 2.45) is 0 Å². The first-order valence-electron chi connectivity index (χ1n) is 5.95. The zero-order chi connectivity index (χ0) is 16.3. The molecule has 0 fully saturated rings. The van der Waals surface area contributed by atoms with Gasteiger partial charge in [0.15, 0.2) is 0 Å². The Labute approximate surface area is 152 Å². The predicted octanol–water partition coefficient (Wildman–Crippen LogP) is 6.61. The maximum absolute atomic E-state index is 11.9. The predicted molar refractivity (Wildman–Crippen MR) is 95.6 cm³/mol. The Morgan fingerprint density at radius 2 is 1.55 bits per heavy atom. The van der Waals surface area contributed by atoms with Gasteiger partial charge in [-0.05, 0) is 35.9 Å². The van der Waals surface area contributed by atoms with Crippen molar-refractivity contribution in [3.8, 4) is 0 Å². The third-order valence-corrected chi connectivity index (χ3v) is 4.24. The lowest BCUT2D eigenvalue weighted by Crippen LogP contribution is -2.08. The van der Waals surface area contributed by atoms with Gasteiger partial charge in [-0.25, -0.2) is 0 Å². The molecule has 22 heavy (non-hydrogen) atoms. The summed E-state index contributed by atoms with van der Waals surface area (Å²) in [7, 11) is 0. The molecule has 0 aliphatic carbocycles. The summed E-state index contributed by atoms with van der Waals surface area (Å²) in [6.45, 7) is 0. The summed E-state index contributed by atoms with van der Waals surface area (Å²) in [5.74, 6) is -0.383. The number of anilines is 1. The Kier molecular flexibility index (Phi) is 6.01. The SMILES string of the molecule is O=C(/C=C/c1ccc(Cl)cc1Cl)Nc1cc(Cl)c(Cl)cc1Cl. The highest BCUT2D eigenvalue weighted by molar-refractivity contribution is 6.44. The molecule has 0 saturated carbocycles. The van der Waals surface area contributed by atoms with Gasteiger partial charge >= 0.3 is 0 Å². The van der Waals surface area contributed by atoms with Crippen LogP contribution in [0.5, 0.6) is 0 Å². The van der Waals surface area contributed by atoms with Crippen LogP contribution >= 0.6 is 58.0 Å². The first-order valence-corrected chi connectivity index (χ1v) is 7.84. The highest BCUT2D eigenvalue weighted by Crippen LogP contribution is 2.32. The Hall–Kier alpha value is -0.900. The fraction of sp³-hybridized carbons (Fsp3) is 0. The standard InChI is InChI=1S/C15H8Cl5NO/c16-9-3-1-8(10(17)5-9)2-4-15(22)21-14-7-12(19)11(18)6-13(14)20/h1-7H,(H,21,22)/b4-2+. The molecule has 2 nitrogen and oxygen atoms in total. The van der Waals surface area contributed by atoms with Crippen molar-refractivity contribution in [3.05, 3.63) is 67.1 Å². The fourth-order valence-electron chi connectivity index (χ4n) is 1.59. The lowest BCUT2D eigenvalue weighted by atomic mass is 10.2. The van der Waals surface area contributed by atoms with Gasteiger partial charge in [0, 0.05) is 16.1 Å². The molecule has 0 aliphatic rings. The van der Waals surface area contributed by atoms with E-state index in [9.17, 15) is 4.79 Å². The number of hydrogen-bond acceptors (Lipinski definition) is 1. The average molecular weight is 396 g/mol. The lowest BCUT2D eigenvalue weighted by Gasteiger charge is -2.07. The van der Waals surface area contributed by atoms with E-state index < -0.39 is 0 Å². The Balaban J connectivity index is 2.13. The molecular formula is C15H8Cl5NO. The van der Waals surface area contributed by atoms with Crippen LogP contribution in [0, 0.1) is 0 Å². The molecule has 0 saturated heterocycles. The highest BCUT2D eigenvalue weighted by atomic mass is 35.5. The maximum Gasteiger partial charge on any atom is 0.248 e. The van der Waals surface area contributed by atoms with Gasteiger partial charge in [0.05, 0.1) is 20.8 Å². The van der Waals surface area contributed by atoms with Gasteiger partial charge in [-0.15, -0.1) is 0 Å². The van der Waals surface area contributed by atoms with E-state index in [2.05, 4.69) is 5.32 Å². The summed E-state index contributed by atoms with van der Waals surface area (Å²) in [4.78, 5) is 11.9. The van der Waals surface area contributed by atoms with E-state index in [0.29, 0.717) is 36.4 Å². The maximum atomic E-state index is 11.9. The van der Waals surface area contributed by atoms with Crippen molar-refractivity contribution >= 4 is 75.7 Å². The van der Waals surface area contributed by atoms with Crippen molar-refractivity contribution in [2.75, 3.05) is 5.32 Å². The van der Waals surface area contributed by atoms with Crippen LogP contribution < -0.4 is 5.32 Å². The molecule has 0 radical (unpaired) electrons. The molecule has 0 bridgehead atoms. The molecular weight excluding hydrogens is 387 g/mol. The van der Waals surface area contributed by atoms with Crippen LogP contribution in [0.1, 0.15) is 5.56 Å². The lowest BCUT2D eigenvalue weighted by molar-refractivity contribution is -0.111. The van der Waals surface area contributed by atoms with Gasteiger partial charge < -0.3 is 5.32 Å². The van der Waals surface area contributed by atoms with Gasteiger partial charge in [-0.3, -0.25) is 4.79 Å². The molecule has 0 unspecified atom stereocenters. The average Bonchev–Trinajstić information content (AvgIpc) is 2.44. The quantitative estimate of drug-likeness (QED) is 0.460. The molecule has 0 spiro atoms. The van der Waals surface area contributed by atoms with Gasteiger partial charge in [0.2, 0.25) is 5.91 Å². The largest absolute Gasteiger partial charge is 0.321 e. The summed E-state index contributed by atoms with van der Waals surface area (Å²) in [6, 6.07) is 7.92. The van der Waals surface area contributed by atoms with Crippen LogP contribution in [-0.2, 0) is 4.79 Å². The molecule has 0 atom stereocenters. The van der Waals surface area contributed by atoms with Crippen LogP contribution in [-0.4, -0.2) is 5.91 Å². The third kappa shape index (κ3) is 4.55. The first kappa shape index (κ1) is 17.5. The summed E-state index contributed by atoms with van der Waals surface area (Å²) < 4.78 is 0. The summed E-state index contributed by atoms with van der Waals surface area (Å²) in [5, 5.41) is 4.48. The molecule has 0 aromatic heterocycles. The Bertz CT molecular complexity index is 758. The zero-order valence-electron chi connectivity index (χ0n) is 10.8. The highest BCUT2D eigenvalue weighted by Gasteiger charge is 2.08. The third-order valence-electron chi connectivity index (χ3n) is 2.64. The van der Waals surface area contributed by atoms with E-state index in [1.54, 1.807) is 24.3 Å². The van der Waals surface area contributed by atoms with E-state index >= 15 is 0 Å². The van der Waals surface area contributed by atoms with Crippen LogP contribution in [0.15, 0.2) is 36.4 Å². The molecule has 2 rings (SSSR count). The number of nitrogens with one attached hydrogen (secondary N) is 1. The van der Waals surface area contributed by atoms with Crippen molar-refractivity contribution in [3.63, 3.8) is 0 Å². The first-order chi connectivity index (χ1) is 10.4. The van der Waals surface area contributed by atoms with Crippen molar-refractivity contribution < 1.29 is 4.79 Å².